The molecule has 0 unspecified atom stereocenters. The average Bonchev–Trinajstić information content (AvgIpc) is 3.23. The van der Waals surface area contributed by atoms with E-state index in [9.17, 15) is 0 Å². The predicted octanol–water partition coefficient (Wildman–Crippen LogP) is 7.66. The van der Waals surface area contributed by atoms with E-state index < -0.39 is 6.85 Å². The first-order valence-electron chi connectivity index (χ1n) is 12.1. The molecule has 0 aliphatic heterocycles. The van der Waals surface area contributed by atoms with Crippen LogP contribution in [0.1, 0.15) is 60.3 Å². The molecule has 159 valence electrons. The minimum absolute atomic E-state index is 0. The van der Waals surface area contributed by atoms with Crippen LogP contribution in [0, 0.1) is 12.9 Å². The van der Waals surface area contributed by atoms with E-state index in [1.54, 1.807) is 12.1 Å². The van der Waals surface area contributed by atoms with Crippen LogP contribution in [0.3, 0.4) is 0 Å². The van der Waals surface area contributed by atoms with E-state index in [2.05, 4.69) is 56.4 Å². The van der Waals surface area contributed by atoms with Gasteiger partial charge in [0.25, 0.3) is 0 Å². The van der Waals surface area contributed by atoms with Crippen LogP contribution >= 0.6 is 0 Å². The molecule has 5 aromatic rings. The Morgan fingerprint density at radius 2 is 1.68 bits per heavy atom. The first-order chi connectivity index (χ1) is 15.7. The van der Waals surface area contributed by atoms with Gasteiger partial charge in [-0.2, -0.15) is 0 Å². The van der Waals surface area contributed by atoms with Crippen molar-refractivity contribution in [3.63, 3.8) is 0 Å². The molecular formula is C28H27IrN2-. The molecule has 0 aliphatic rings. The number of hydrogen-bond acceptors (Lipinski definition) is 1. The summed E-state index contributed by atoms with van der Waals surface area (Å²) in [6.45, 7) is 6.71. The Hall–Kier alpha value is -2.48. The summed E-state index contributed by atoms with van der Waals surface area (Å²) in [5, 5.41) is 2.76. The molecule has 0 spiro atoms. The molecule has 2 heterocycles. The van der Waals surface area contributed by atoms with E-state index in [1.807, 2.05) is 30.5 Å². The van der Waals surface area contributed by atoms with Crippen molar-refractivity contribution in [3.8, 4) is 11.3 Å². The average molecular weight is 587 g/mol. The molecule has 0 fully saturated rings. The summed E-state index contributed by atoms with van der Waals surface area (Å²) in [6.07, 6.45) is 1.96. The maximum atomic E-state index is 7.92. The molecule has 0 N–H and O–H groups in total. The van der Waals surface area contributed by atoms with Crippen LogP contribution in [-0.4, -0.2) is 9.38 Å². The number of aromatic nitrogens is 2. The van der Waals surface area contributed by atoms with Crippen molar-refractivity contribution >= 4 is 27.3 Å². The quantitative estimate of drug-likeness (QED) is 0.157. The van der Waals surface area contributed by atoms with Gasteiger partial charge in [-0.3, -0.25) is 4.98 Å². The molecule has 5 rings (SSSR count). The van der Waals surface area contributed by atoms with Crippen molar-refractivity contribution in [1.29, 1.82) is 0 Å². The van der Waals surface area contributed by atoms with Gasteiger partial charge in [0, 0.05) is 41.5 Å². The van der Waals surface area contributed by atoms with Crippen LogP contribution in [0.25, 0.3) is 38.6 Å². The molecule has 0 atom stereocenters. The molecule has 3 aromatic carbocycles. The number of fused-ring (bicyclic) bond motifs is 6. The monoisotopic (exact) mass is 587 g/mol. The summed E-state index contributed by atoms with van der Waals surface area (Å²) < 4.78 is 26.0. The van der Waals surface area contributed by atoms with Crippen LogP contribution in [0.5, 0.6) is 0 Å². The standard InChI is InChI=1S/C28H27N2.Ir/c1-17(2)20-11-8-12-21(18(3)4)27(20)26-16-29-28-23-10-7-6-9-22(23)24-15-19(5)13-14-25(24)30(26)28;/h6-9,11-18H,1-5H3;/q-1;/i5D3;. The second-order valence-corrected chi connectivity index (χ2v) is 8.61. The number of pyridine rings is 1. The van der Waals surface area contributed by atoms with Crippen LogP contribution in [-0.2, 0) is 20.1 Å². The fourth-order valence-electron chi connectivity index (χ4n) is 4.59. The van der Waals surface area contributed by atoms with Crippen LogP contribution in [0.2, 0.25) is 0 Å². The van der Waals surface area contributed by atoms with Gasteiger partial charge in [-0.1, -0.05) is 69.0 Å². The van der Waals surface area contributed by atoms with Crippen LogP contribution in [0.4, 0.5) is 0 Å². The number of hydrogen-bond donors (Lipinski definition) is 0. The van der Waals surface area contributed by atoms with Gasteiger partial charge in [0.15, 0.2) is 0 Å². The maximum Gasteiger partial charge on any atom is 0.0639 e. The number of rotatable bonds is 3. The minimum atomic E-state index is -2.17. The zero-order valence-electron chi connectivity index (χ0n) is 21.2. The molecule has 1 radical (unpaired) electrons. The minimum Gasteiger partial charge on any atom is -0.333 e. The van der Waals surface area contributed by atoms with Gasteiger partial charge in [0.1, 0.15) is 0 Å². The van der Waals surface area contributed by atoms with E-state index >= 15 is 0 Å². The first kappa shape index (κ1) is 18.1. The zero-order valence-corrected chi connectivity index (χ0v) is 20.6. The van der Waals surface area contributed by atoms with Gasteiger partial charge in [-0.05, 0) is 41.3 Å². The van der Waals surface area contributed by atoms with Crippen LogP contribution < -0.4 is 0 Å². The number of aryl methyl sites for hydroxylation is 1. The second kappa shape index (κ2) is 8.22. The van der Waals surface area contributed by atoms with E-state index in [4.69, 9.17) is 9.10 Å². The molecule has 3 heteroatoms. The Balaban J connectivity index is 0.00000274. The van der Waals surface area contributed by atoms with Crippen LogP contribution in [0.15, 0.2) is 60.8 Å². The van der Waals surface area contributed by atoms with E-state index in [0.29, 0.717) is 17.4 Å². The smallest absolute Gasteiger partial charge is 0.0639 e. The van der Waals surface area contributed by atoms with E-state index in [1.165, 1.54) is 16.7 Å². The molecule has 0 saturated heterocycles. The van der Waals surface area contributed by atoms with Gasteiger partial charge in [-0.15, -0.1) is 29.7 Å². The van der Waals surface area contributed by atoms with Crippen molar-refractivity contribution in [1.82, 2.24) is 9.38 Å². The normalized spacial score (nSPS) is 13.5. The molecule has 0 saturated carbocycles. The summed E-state index contributed by atoms with van der Waals surface area (Å²) in [4.78, 5) is 4.87. The Labute approximate surface area is 201 Å². The summed E-state index contributed by atoms with van der Waals surface area (Å²) in [7, 11) is 0. The van der Waals surface area contributed by atoms with Crippen molar-refractivity contribution in [2.45, 2.75) is 46.4 Å². The summed E-state index contributed by atoms with van der Waals surface area (Å²) in [5.74, 6) is 0.703. The van der Waals surface area contributed by atoms with Gasteiger partial charge >= 0.3 is 0 Å². The number of benzene rings is 3. The Morgan fingerprint density at radius 1 is 0.935 bits per heavy atom. The van der Waals surface area contributed by atoms with Gasteiger partial charge in [0.2, 0.25) is 0 Å². The van der Waals surface area contributed by atoms with Crippen molar-refractivity contribution in [2.24, 2.45) is 0 Å². The summed E-state index contributed by atoms with van der Waals surface area (Å²) in [6, 6.07) is 21.2. The molecule has 0 aliphatic carbocycles. The fraction of sp³-hybridized carbons (Fsp3) is 0.250. The van der Waals surface area contributed by atoms with Crippen molar-refractivity contribution < 1.29 is 24.2 Å². The number of nitrogens with zero attached hydrogens (tertiary/aromatic N) is 2. The summed E-state index contributed by atoms with van der Waals surface area (Å²) in [5.41, 5.74) is 6.94. The first-order valence-corrected chi connectivity index (χ1v) is 10.6. The molecule has 0 amide bonds. The fourth-order valence-corrected chi connectivity index (χ4v) is 4.59. The zero-order chi connectivity index (χ0) is 23.5. The summed E-state index contributed by atoms with van der Waals surface area (Å²) >= 11 is 0. The van der Waals surface area contributed by atoms with Crippen molar-refractivity contribution in [3.05, 3.63) is 83.6 Å². The Bertz CT molecular complexity index is 1490. The van der Waals surface area contributed by atoms with Gasteiger partial charge < -0.3 is 4.40 Å². The Morgan fingerprint density at radius 3 is 2.35 bits per heavy atom. The third kappa shape index (κ3) is 3.41. The van der Waals surface area contributed by atoms with Gasteiger partial charge in [-0.25, -0.2) is 0 Å². The number of imidazole rings is 1. The SMILES string of the molecule is [2H]C([2H])([2H])c1ccc2c(c1)c1ccc[c-]c1c1ncc(-c3c(C(C)C)cccc3C(C)C)n21.[Ir]. The molecular weight excluding hydrogens is 557 g/mol. The van der Waals surface area contributed by atoms with E-state index in [0.717, 1.165) is 33.0 Å². The molecule has 31 heavy (non-hydrogen) atoms. The maximum absolute atomic E-state index is 7.92. The topological polar surface area (TPSA) is 17.3 Å². The second-order valence-electron chi connectivity index (χ2n) is 8.61. The molecule has 2 nitrogen and oxygen atoms in total. The van der Waals surface area contributed by atoms with Crippen molar-refractivity contribution in [2.75, 3.05) is 0 Å². The van der Waals surface area contributed by atoms with E-state index in [-0.39, 0.29) is 20.1 Å². The molecule has 2 aromatic heterocycles. The predicted molar refractivity (Wildman–Crippen MR) is 127 cm³/mol. The Kier molecular flexibility index (Phi) is 4.81. The third-order valence-corrected chi connectivity index (χ3v) is 6.00. The third-order valence-electron chi connectivity index (χ3n) is 6.00. The molecule has 0 bridgehead atoms. The van der Waals surface area contributed by atoms with Gasteiger partial charge in [0.05, 0.1) is 11.3 Å². The largest absolute Gasteiger partial charge is 0.333 e.